The van der Waals surface area contributed by atoms with E-state index in [1.807, 2.05) is 0 Å². The number of nitro groups is 1. The van der Waals surface area contributed by atoms with E-state index in [0.717, 1.165) is 0 Å². The third kappa shape index (κ3) is 3.89. The highest BCUT2D eigenvalue weighted by atomic mass is 79.9. The van der Waals surface area contributed by atoms with E-state index in [1.165, 1.54) is 6.20 Å². The normalized spacial score (nSPS) is 10.2. The van der Waals surface area contributed by atoms with Gasteiger partial charge in [0.1, 0.15) is 12.0 Å². The molecule has 0 spiro atoms. The summed E-state index contributed by atoms with van der Waals surface area (Å²) in [6.07, 6.45) is 1.45. The number of pyridine rings is 1. The molecule has 20 heavy (non-hydrogen) atoms. The molecule has 7 nitrogen and oxygen atoms in total. The minimum atomic E-state index is -0.477. The zero-order chi connectivity index (χ0) is 15.3. The molecule has 0 atom stereocenters. The molecule has 0 aliphatic heterocycles. The lowest BCUT2D eigenvalue weighted by Crippen LogP contribution is -2.23. The highest BCUT2D eigenvalue weighted by Gasteiger charge is 2.19. The second-order valence-corrected chi connectivity index (χ2v) is 4.93. The fourth-order valence-corrected chi connectivity index (χ4v) is 2.21. The van der Waals surface area contributed by atoms with E-state index in [1.54, 1.807) is 25.8 Å². The zero-order valence-electron chi connectivity index (χ0n) is 11.6. The van der Waals surface area contributed by atoms with Crippen LogP contribution < -0.4 is 4.90 Å². The maximum atomic E-state index is 11.3. The van der Waals surface area contributed by atoms with Crippen LogP contribution in [-0.2, 0) is 9.53 Å². The van der Waals surface area contributed by atoms with Crippen molar-refractivity contribution in [2.24, 2.45) is 0 Å². The van der Waals surface area contributed by atoms with Crippen LogP contribution in [0.1, 0.15) is 18.9 Å². The first kappa shape index (κ1) is 16.4. The van der Waals surface area contributed by atoms with E-state index in [4.69, 9.17) is 4.74 Å². The van der Waals surface area contributed by atoms with Crippen LogP contribution in [0.3, 0.4) is 0 Å². The van der Waals surface area contributed by atoms with Gasteiger partial charge in [-0.05, 0) is 29.8 Å². The van der Waals surface area contributed by atoms with Crippen LogP contribution in [0.5, 0.6) is 0 Å². The van der Waals surface area contributed by atoms with Crippen molar-refractivity contribution in [1.29, 1.82) is 0 Å². The number of anilines is 1. The third-order valence-corrected chi connectivity index (χ3v) is 3.68. The molecule has 110 valence electrons. The highest BCUT2D eigenvalue weighted by molar-refractivity contribution is 9.10. The monoisotopic (exact) mass is 345 g/mol. The first-order valence-electron chi connectivity index (χ1n) is 6.04. The van der Waals surface area contributed by atoms with Crippen molar-refractivity contribution in [3.63, 3.8) is 0 Å². The SMILES string of the molecule is CCOC(=O)CCN(C)c1ncc([N+](=O)[O-])c(C)c1Br. The lowest BCUT2D eigenvalue weighted by atomic mass is 10.2. The third-order valence-electron chi connectivity index (χ3n) is 2.73. The molecule has 0 saturated heterocycles. The van der Waals surface area contributed by atoms with Gasteiger partial charge in [0.05, 0.1) is 22.4 Å². The average Bonchev–Trinajstić information content (AvgIpc) is 2.39. The molecule has 0 radical (unpaired) electrons. The summed E-state index contributed by atoms with van der Waals surface area (Å²) in [7, 11) is 1.76. The summed E-state index contributed by atoms with van der Waals surface area (Å²) in [5.74, 6) is 0.270. The van der Waals surface area contributed by atoms with Crippen LogP contribution in [0.25, 0.3) is 0 Å². The molecule has 1 heterocycles. The van der Waals surface area contributed by atoms with Crippen molar-refractivity contribution in [2.45, 2.75) is 20.3 Å². The number of hydrogen-bond acceptors (Lipinski definition) is 6. The Balaban J connectivity index is 2.84. The standard InChI is InChI=1S/C12H16BrN3O4/c1-4-20-10(17)5-6-15(3)12-11(13)8(2)9(7-14-12)16(18)19/h7H,4-6H2,1-3H3. The molecule has 0 bridgehead atoms. The molecular formula is C12H16BrN3O4. The van der Waals surface area contributed by atoms with E-state index in [0.29, 0.717) is 29.0 Å². The molecule has 1 aromatic heterocycles. The molecule has 0 amide bonds. The van der Waals surface area contributed by atoms with Gasteiger partial charge in [0.2, 0.25) is 0 Å². The zero-order valence-corrected chi connectivity index (χ0v) is 13.1. The summed E-state index contributed by atoms with van der Waals surface area (Å²) in [6.45, 7) is 4.16. The Kier molecular flexibility index (Phi) is 5.87. The van der Waals surface area contributed by atoms with E-state index in [-0.39, 0.29) is 18.1 Å². The van der Waals surface area contributed by atoms with Crippen molar-refractivity contribution < 1.29 is 14.5 Å². The van der Waals surface area contributed by atoms with Gasteiger partial charge in [0.15, 0.2) is 0 Å². The van der Waals surface area contributed by atoms with E-state index in [2.05, 4.69) is 20.9 Å². The molecule has 0 N–H and O–H groups in total. The quantitative estimate of drug-likeness (QED) is 0.447. The van der Waals surface area contributed by atoms with Crippen LogP contribution in [0.15, 0.2) is 10.7 Å². The summed E-state index contributed by atoms with van der Waals surface area (Å²) in [6, 6.07) is 0. The van der Waals surface area contributed by atoms with Crippen molar-refractivity contribution >= 4 is 33.4 Å². The van der Waals surface area contributed by atoms with E-state index in [9.17, 15) is 14.9 Å². The molecule has 0 fully saturated rings. The highest BCUT2D eigenvalue weighted by Crippen LogP contribution is 2.32. The molecule has 1 rings (SSSR count). The minimum Gasteiger partial charge on any atom is -0.466 e. The number of hydrogen-bond donors (Lipinski definition) is 0. The van der Waals surface area contributed by atoms with Gasteiger partial charge in [-0.1, -0.05) is 0 Å². The second kappa shape index (κ2) is 7.18. The van der Waals surface area contributed by atoms with Crippen molar-refractivity contribution in [1.82, 2.24) is 4.98 Å². The number of nitrogens with zero attached hydrogens (tertiary/aromatic N) is 3. The molecule has 8 heteroatoms. The number of aromatic nitrogens is 1. The predicted octanol–water partition coefficient (Wildman–Crippen LogP) is 2.45. The molecule has 1 aromatic rings. The molecular weight excluding hydrogens is 330 g/mol. The number of esters is 1. The van der Waals surface area contributed by atoms with Gasteiger partial charge < -0.3 is 9.64 Å². The van der Waals surface area contributed by atoms with Crippen LogP contribution in [0.4, 0.5) is 11.5 Å². The number of carbonyl (C=O) groups excluding carboxylic acids is 1. The summed E-state index contributed by atoms with van der Waals surface area (Å²) in [5, 5.41) is 10.8. The molecule has 0 aliphatic rings. The van der Waals surface area contributed by atoms with Gasteiger partial charge in [-0.2, -0.15) is 0 Å². The maximum Gasteiger partial charge on any atom is 0.307 e. The number of halogens is 1. The fourth-order valence-electron chi connectivity index (χ4n) is 1.60. The maximum absolute atomic E-state index is 11.3. The van der Waals surface area contributed by atoms with E-state index >= 15 is 0 Å². The van der Waals surface area contributed by atoms with Gasteiger partial charge in [-0.15, -0.1) is 0 Å². The molecule has 0 unspecified atom stereocenters. The summed E-state index contributed by atoms with van der Waals surface area (Å²) in [4.78, 5) is 27.5. The smallest absolute Gasteiger partial charge is 0.307 e. The van der Waals surface area contributed by atoms with Crippen molar-refractivity contribution in [3.05, 3.63) is 26.3 Å². The van der Waals surface area contributed by atoms with Gasteiger partial charge in [-0.25, -0.2) is 4.98 Å². The number of ether oxygens (including phenoxy) is 1. The van der Waals surface area contributed by atoms with Crippen LogP contribution in [0.2, 0.25) is 0 Å². The molecule has 0 saturated carbocycles. The fraction of sp³-hybridized carbons (Fsp3) is 0.500. The van der Waals surface area contributed by atoms with Crippen LogP contribution in [-0.4, -0.2) is 36.1 Å². The van der Waals surface area contributed by atoms with Gasteiger partial charge >= 0.3 is 5.97 Å². The largest absolute Gasteiger partial charge is 0.466 e. The Morgan fingerprint density at radius 1 is 1.60 bits per heavy atom. The van der Waals surface area contributed by atoms with Crippen LogP contribution in [0, 0.1) is 17.0 Å². The Hall–Kier alpha value is -1.70. The predicted molar refractivity (Wildman–Crippen MR) is 77.8 cm³/mol. The van der Waals surface area contributed by atoms with Crippen molar-refractivity contribution in [3.8, 4) is 0 Å². The summed E-state index contributed by atoms with van der Waals surface area (Å²) >= 11 is 3.31. The van der Waals surface area contributed by atoms with Crippen LogP contribution >= 0.6 is 15.9 Å². The van der Waals surface area contributed by atoms with Gasteiger partial charge in [0, 0.05) is 19.2 Å². The Bertz CT molecular complexity index is 522. The van der Waals surface area contributed by atoms with E-state index < -0.39 is 4.92 Å². The topological polar surface area (TPSA) is 85.6 Å². The van der Waals surface area contributed by atoms with Gasteiger partial charge in [0.25, 0.3) is 5.69 Å². The first-order valence-corrected chi connectivity index (χ1v) is 6.84. The summed E-state index contributed by atoms with van der Waals surface area (Å²) < 4.78 is 5.40. The minimum absolute atomic E-state index is 0.0422. The number of rotatable bonds is 6. The van der Waals surface area contributed by atoms with Gasteiger partial charge in [-0.3, -0.25) is 14.9 Å². The van der Waals surface area contributed by atoms with Crippen molar-refractivity contribution in [2.75, 3.05) is 25.1 Å². The molecule has 0 aromatic carbocycles. The average molecular weight is 346 g/mol. The lowest BCUT2D eigenvalue weighted by Gasteiger charge is -2.19. The Morgan fingerprint density at radius 2 is 2.25 bits per heavy atom. The molecule has 0 aliphatic carbocycles. The Morgan fingerprint density at radius 3 is 2.80 bits per heavy atom. The Labute approximate surface area is 125 Å². The first-order chi connectivity index (χ1) is 9.38. The lowest BCUT2D eigenvalue weighted by molar-refractivity contribution is -0.385. The number of carbonyl (C=O) groups is 1. The second-order valence-electron chi connectivity index (χ2n) is 4.14. The summed E-state index contributed by atoms with van der Waals surface area (Å²) in [5.41, 5.74) is 0.461.